The lowest BCUT2D eigenvalue weighted by atomic mass is 10.1. The molecular weight excluding hydrogens is 420 g/mol. The molecule has 0 radical (unpaired) electrons. The first kappa shape index (κ1) is 24.4. The molecule has 1 aliphatic heterocycles. The van der Waals surface area contributed by atoms with Gasteiger partial charge in [-0.05, 0) is 38.0 Å². The number of rotatable bonds is 9. The molecule has 4 N–H and O–H groups in total. The van der Waals surface area contributed by atoms with E-state index in [9.17, 15) is 14.4 Å². The second kappa shape index (κ2) is 11.1. The van der Waals surface area contributed by atoms with Crippen LogP contribution in [0.1, 0.15) is 36.2 Å². The van der Waals surface area contributed by atoms with Crippen molar-refractivity contribution in [2.75, 3.05) is 19.7 Å². The molecule has 0 aromatic heterocycles. The Morgan fingerprint density at radius 1 is 1.09 bits per heavy atom. The number of amides is 3. The van der Waals surface area contributed by atoms with Gasteiger partial charge in [0.1, 0.15) is 6.04 Å². The zero-order valence-electron chi connectivity index (χ0n) is 19.1. The van der Waals surface area contributed by atoms with Crippen LogP contribution in [0.4, 0.5) is 0 Å². The molecule has 3 amide bonds. The maximum Gasteiger partial charge on any atom is 0.251 e. The van der Waals surface area contributed by atoms with Crippen molar-refractivity contribution in [1.82, 2.24) is 15.5 Å². The van der Waals surface area contributed by atoms with Crippen LogP contribution in [0.25, 0.3) is 0 Å². The number of ether oxygens (including phenoxy) is 1. The Hall–Kier alpha value is -3.23. The second-order valence-electron chi connectivity index (χ2n) is 8.86. The number of nitrogens with one attached hydrogen (secondary N) is 2. The summed E-state index contributed by atoms with van der Waals surface area (Å²) in [5.41, 5.74) is 6.32. The van der Waals surface area contributed by atoms with Crippen LogP contribution in [-0.4, -0.2) is 59.9 Å². The summed E-state index contributed by atoms with van der Waals surface area (Å²) in [4.78, 5) is 39.8. The van der Waals surface area contributed by atoms with Gasteiger partial charge in [0.2, 0.25) is 11.8 Å². The van der Waals surface area contributed by atoms with Crippen LogP contribution in [0.5, 0.6) is 0 Å². The first-order chi connectivity index (χ1) is 15.7. The van der Waals surface area contributed by atoms with E-state index in [-0.39, 0.29) is 24.5 Å². The lowest BCUT2D eigenvalue weighted by Crippen LogP contribution is -2.57. The summed E-state index contributed by atoms with van der Waals surface area (Å²) in [5, 5.41) is 5.71. The average molecular weight is 453 g/mol. The minimum absolute atomic E-state index is 0.0209. The maximum absolute atomic E-state index is 13.2. The fourth-order valence-corrected chi connectivity index (χ4v) is 3.54. The molecule has 1 fully saturated rings. The number of hydrogen-bond acceptors (Lipinski definition) is 5. The van der Waals surface area contributed by atoms with Gasteiger partial charge < -0.3 is 26.0 Å². The molecule has 1 saturated heterocycles. The third kappa shape index (κ3) is 7.13. The molecule has 0 bridgehead atoms. The quantitative estimate of drug-likeness (QED) is 0.533. The fourth-order valence-electron chi connectivity index (χ4n) is 3.54. The maximum atomic E-state index is 13.2. The van der Waals surface area contributed by atoms with Crippen LogP contribution in [0.3, 0.4) is 0 Å². The molecule has 1 heterocycles. The zero-order valence-corrected chi connectivity index (χ0v) is 19.1. The molecule has 1 aliphatic rings. The predicted molar refractivity (Wildman–Crippen MR) is 125 cm³/mol. The topological polar surface area (TPSA) is 114 Å². The van der Waals surface area contributed by atoms with Crippen molar-refractivity contribution in [3.8, 4) is 0 Å². The van der Waals surface area contributed by atoms with E-state index in [1.165, 1.54) is 0 Å². The molecule has 0 aliphatic carbocycles. The van der Waals surface area contributed by atoms with Crippen LogP contribution >= 0.6 is 0 Å². The largest absolute Gasteiger partial charge is 0.374 e. The minimum atomic E-state index is -1.13. The van der Waals surface area contributed by atoms with Crippen LogP contribution in [0.15, 0.2) is 60.7 Å². The normalized spacial score (nSPS) is 16.8. The van der Waals surface area contributed by atoms with E-state index in [0.29, 0.717) is 31.7 Å². The van der Waals surface area contributed by atoms with Crippen molar-refractivity contribution >= 4 is 17.7 Å². The van der Waals surface area contributed by atoms with E-state index < -0.39 is 17.5 Å². The van der Waals surface area contributed by atoms with Gasteiger partial charge in [0.15, 0.2) is 0 Å². The zero-order chi connectivity index (χ0) is 23.8. The molecule has 176 valence electrons. The van der Waals surface area contributed by atoms with Gasteiger partial charge >= 0.3 is 0 Å². The molecular formula is C25H32N4O4. The standard InChI is InChI=1S/C25H32N4O4/c1-25(2,26)24(32)28-21(17-33-16-18-9-5-3-6-10-18)23(31)29-14-13-20(15-29)27-22(30)19-11-7-4-8-12-19/h3-12,20-21H,13-17,26H2,1-2H3,(H,27,30)(H,28,32). The number of carbonyl (C=O) groups excluding carboxylic acids is 3. The number of carbonyl (C=O) groups is 3. The highest BCUT2D eigenvalue weighted by molar-refractivity contribution is 5.94. The summed E-state index contributed by atoms with van der Waals surface area (Å²) in [7, 11) is 0. The molecule has 33 heavy (non-hydrogen) atoms. The third-order valence-electron chi connectivity index (χ3n) is 5.46. The van der Waals surface area contributed by atoms with E-state index in [4.69, 9.17) is 10.5 Å². The molecule has 0 spiro atoms. The summed E-state index contributed by atoms with van der Waals surface area (Å²) in [6.07, 6.45) is 0.637. The smallest absolute Gasteiger partial charge is 0.251 e. The number of nitrogens with two attached hydrogens (primary N) is 1. The average Bonchev–Trinajstić information content (AvgIpc) is 3.27. The SMILES string of the molecule is CC(C)(N)C(=O)NC(COCc1ccccc1)C(=O)N1CCC(NC(=O)c2ccccc2)C1. The van der Waals surface area contributed by atoms with E-state index in [0.717, 1.165) is 5.56 Å². The van der Waals surface area contributed by atoms with Gasteiger partial charge in [-0.2, -0.15) is 0 Å². The van der Waals surface area contributed by atoms with Crippen LogP contribution in [0, 0.1) is 0 Å². The van der Waals surface area contributed by atoms with Crippen LogP contribution in [0.2, 0.25) is 0 Å². The number of hydrogen-bond donors (Lipinski definition) is 3. The van der Waals surface area contributed by atoms with Crippen molar-refractivity contribution in [2.24, 2.45) is 5.73 Å². The predicted octanol–water partition coefficient (Wildman–Crippen LogP) is 1.46. The number of likely N-dealkylation sites (tertiary alicyclic amines) is 1. The van der Waals surface area contributed by atoms with E-state index in [1.54, 1.807) is 43.0 Å². The molecule has 8 nitrogen and oxygen atoms in total. The van der Waals surface area contributed by atoms with Crippen molar-refractivity contribution in [1.29, 1.82) is 0 Å². The first-order valence-corrected chi connectivity index (χ1v) is 11.1. The summed E-state index contributed by atoms with van der Waals surface area (Å²) in [6, 6.07) is 17.5. The summed E-state index contributed by atoms with van der Waals surface area (Å²) < 4.78 is 5.75. The van der Waals surface area contributed by atoms with Crippen molar-refractivity contribution in [3.63, 3.8) is 0 Å². The lowest BCUT2D eigenvalue weighted by molar-refractivity contribution is -0.138. The Kier molecular flexibility index (Phi) is 8.19. The molecule has 8 heteroatoms. The minimum Gasteiger partial charge on any atom is -0.374 e. The molecule has 2 aromatic rings. The van der Waals surface area contributed by atoms with E-state index >= 15 is 0 Å². The Labute approximate surface area is 194 Å². The van der Waals surface area contributed by atoms with Crippen LogP contribution < -0.4 is 16.4 Å². The van der Waals surface area contributed by atoms with Gasteiger partial charge in [-0.25, -0.2) is 0 Å². The first-order valence-electron chi connectivity index (χ1n) is 11.1. The Bertz CT molecular complexity index is 944. The summed E-state index contributed by atoms with van der Waals surface area (Å²) >= 11 is 0. The Morgan fingerprint density at radius 2 is 1.73 bits per heavy atom. The third-order valence-corrected chi connectivity index (χ3v) is 5.46. The highest BCUT2D eigenvalue weighted by Crippen LogP contribution is 2.13. The van der Waals surface area contributed by atoms with Crippen molar-refractivity contribution < 1.29 is 19.1 Å². The van der Waals surface area contributed by atoms with E-state index in [1.807, 2.05) is 36.4 Å². The molecule has 0 saturated carbocycles. The van der Waals surface area contributed by atoms with Crippen molar-refractivity contribution in [2.45, 2.75) is 44.5 Å². The molecule has 2 unspecified atom stereocenters. The van der Waals surface area contributed by atoms with Crippen LogP contribution in [-0.2, 0) is 20.9 Å². The molecule has 2 atom stereocenters. The molecule has 2 aromatic carbocycles. The van der Waals surface area contributed by atoms with Gasteiger partial charge in [-0.1, -0.05) is 48.5 Å². The monoisotopic (exact) mass is 452 g/mol. The van der Waals surface area contributed by atoms with Gasteiger partial charge in [0, 0.05) is 24.7 Å². The number of nitrogens with zero attached hydrogens (tertiary/aromatic N) is 1. The highest BCUT2D eigenvalue weighted by atomic mass is 16.5. The van der Waals surface area contributed by atoms with Gasteiger partial charge in [0.05, 0.1) is 18.8 Å². The van der Waals surface area contributed by atoms with Gasteiger partial charge in [-0.15, -0.1) is 0 Å². The van der Waals surface area contributed by atoms with Gasteiger partial charge in [0.25, 0.3) is 5.91 Å². The second-order valence-corrected chi connectivity index (χ2v) is 8.86. The van der Waals surface area contributed by atoms with E-state index in [2.05, 4.69) is 10.6 Å². The molecule has 3 rings (SSSR count). The Morgan fingerprint density at radius 3 is 2.36 bits per heavy atom. The summed E-state index contributed by atoms with van der Waals surface area (Å²) in [6.45, 7) is 4.36. The summed E-state index contributed by atoms with van der Waals surface area (Å²) in [5.74, 6) is -0.856. The highest BCUT2D eigenvalue weighted by Gasteiger charge is 2.34. The number of benzene rings is 2. The van der Waals surface area contributed by atoms with Gasteiger partial charge in [-0.3, -0.25) is 14.4 Å². The Balaban J connectivity index is 1.59. The fraction of sp³-hybridized carbons (Fsp3) is 0.400. The van der Waals surface area contributed by atoms with Crippen molar-refractivity contribution in [3.05, 3.63) is 71.8 Å². The lowest BCUT2D eigenvalue weighted by Gasteiger charge is -2.27.